The van der Waals surface area contributed by atoms with Gasteiger partial charge in [-0.05, 0) is 55.3 Å². The van der Waals surface area contributed by atoms with Gasteiger partial charge < -0.3 is 15.1 Å². The molecular formula is C21H23FN4OS. The molecule has 3 aromatic rings. The summed E-state index contributed by atoms with van der Waals surface area (Å²) in [6, 6.07) is 12.5. The van der Waals surface area contributed by atoms with E-state index >= 15 is 0 Å². The Morgan fingerprint density at radius 1 is 1.25 bits per heavy atom. The monoisotopic (exact) mass is 398 g/mol. The van der Waals surface area contributed by atoms with Crippen LogP contribution in [-0.4, -0.2) is 38.1 Å². The number of halogens is 1. The number of nitrogens with one attached hydrogen (secondary N) is 1. The minimum atomic E-state index is -0.251. The summed E-state index contributed by atoms with van der Waals surface area (Å²) in [7, 11) is 3.97. The first-order valence-corrected chi connectivity index (χ1v) is 10.2. The molecule has 1 aliphatic heterocycles. The summed E-state index contributed by atoms with van der Waals surface area (Å²) in [6.07, 6.45) is 1.79. The first-order valence-electron chi connectivity index (χ1n) is 9.39. The van der Waals surface area contributed by atoms with Gasteiger partial charge in [0.25, 0.3) is 0 Å². The van der Waals surface area contributed by atoms with Crippen molar-refractivity contribution in [2.75, 3.05) is 42.3 Å². The summed E-state index contributed by atoms with van der Waals surface area (Å²) in [5.74, 6) is -0.306. The number of hydrogen-bond donors (Lipinski definition) is 1. The normalized spacial score (nSPS) is 17.0. The Bertz CT molecular complexity index is 986. The number of anilines is 3. The first kappa shape index (κ1) is 18.7. The van der Waals surface area contributed by atoms with Crippen molar-refractivity contribution in [3.8, 4) is 0 Å². The second kappa shape index (κ2) is 7.75. The van der Waals surface area contributed by atoms with Crippen molar-refractivity contribution in [2.45, 2.75) is 12.8 Å². The number of aromatic nitrogens is 1. The van der Waals surface area contributed by atoms with Crippen LogP contribution in [0.2, 0.25) is 0 Å². The molecular weight excluding hydrogens is 375 g/mol. The molecule has 0 saturated carbocycles. The molecule has 1 saturated heterocycles. The summed E-state index contributed by atoms with van der Waals surface area (Å²) in [6.45, 7) is 1.49. The second-order valence-electron chi connectivity index (χ2n) is 7.32. The lowest BCUT2D eigenvalue weighted by Gasteiger charge is -2.31. The zero-order valence-electron chi connectivity index (χ0n) is 16.0. The van der Waals surface area contributed by atoms with Gasteiger partial charge in [-0.3, -0.25) is 4.79 Å². The topological polar surface area (TPSA) is 48.5 Å². The van der Waals surface area contributed by atoms with E-state index < -0.39 is 0 Å². The molecule has 4 rings (SSSR count). The number of benzene rings is 2. The molecule has 1 fully saturated rings. The van der Waals surface area contributed by atoms with Crippen LogP contribution in [0.3, 0.4) is 0 Å². The van der Waals surface area contributed by atoms with Gasteiger partial charge in [0.05, 0.1) is 16.1 Å². The minimum Gasteiger partial charge on any atom is -0.378 e. The SMILES string of the molecule is CN(C)c1ccc(NC(=O)C2CCCN(c3nc4ccc(F)cc4s3)C2)cc1. The van der Waals surface area contributed by atoms with E-state index in [2.05, 4.69) is 15.2 Å². The maximum atomic E-state index is 13.4. The summed E-state index contributed by atoms with van der Waals surface area (Å²) in [5, 5.41) is 3.89. The van der Waals surface area contributed by atoms with Crippen LogP contribution in [0.15, 0.2) is 42.5 Å². The van der Waals surface area contributed by atoms with Crippen molar-refractivity contribution < 1.29 is 9.18 Å². The van der Waals surface area contributed by atoms with Crippen molar-refractivity contribution in [3.63, 3.8) is 0 Å². The van der Waals surface area contributed by atoms with Gasteiger partial charge in [-0.2, -0.15) is 0 Å². The molecule has 1 atom stereocenters. The number of piperidine rings is 1. The van der Waals surface area contributed by atoms with E-state index in [1.165, 1.54) is 23.5 Å². The highest BCUT2D eigenvalue weighted by molar-refractivity contribution is 7.22. The Hall–Kier alpha value is -2.67. The number of carbonyl (C=O) groups is 1. The van der Waals surface area contributed by atoms with E-state index in [1.807, 2.05) is 43.3 Å². The Balaban J connectivity index is 1.44. The molecule has 2 heterocycles. The summed E-state index contributed by atoms with van der Waals surface area (Å²) >= 11 is 1.48. The number of thiazole rings is 1. The molecule has 0 aliphatic carbocycles. The third kappa shape index (κ3) is 3.94. The number of carbonyl (C=O) groups excluding carboxylic acids is 1. The largest absolute Gasteiger partial charge is 0.378 e. The lowest BCUT2D eigenvalue weighted by molar-refractivity contribution is -0.120. The van der Waals surface area contributed by atoms with Crippen LogP contribution < -0.4 is 15.1 Å². The quantitative estimate of drug-likeness (QED) is 0.710. The molecule has 1 aliphatic rings. The fourth-order valence-corrected chi connectivity index (χ4v) is 4.50. The lowest BCUT2D eigenvalue weighted by Crippen LogP contribution is -2.40. The van der Waals surface area contributed by atoms with E-state index in [9.17, 15) is 9.18 Å². The number of hydrogen-bond acceptors (Lipinski definition) is 5. The molecule has 0 radical (unpaired) electrons. The fourth-order valence-electron chi connectivity index (χ4n) is 3.47. The van der Waals surface area contributed by atoms with Crippen molar-refractivity contribution in [1.82, 2.24) is 4.98 Å². The van der Waals surface area contributed by atoms with Crippen LogP contribution in [-0.2, 0) is 4.79 Å². The molecule has 5 nitrogen and oxygen atoms in total. The van der Waals surface area contributed by atoms with Gasteiger partial charge in [0, 0.05) is 38.6 Å². The Labute approximate surface area is 167 Å². The maximum absolute atomic E-state index is 13.4. The molecule has 1 unspecified atom stereocenters. The number of nitrogens with zero attached hydrogens (tertiary/aromatic N) is 3. The van der Waals surface area contributed by atoms with Crippen molar-refractivity contribution in [3.05, 3.63) is 48.3 Å². The van der Waals surface area contributed by atoms with Crippen LogP contribution in [0.1, 0.15) is 12.8 Å². The third-order valence-electron chi connectivity index (χ3n) is 5.05. The third-order valence-corrected chi connectivity index (χ3v) is 6.13. The summed E-state index contributed by atoms with van der Waals surface area (Å²) in [5.41, 5.74) is 2.70. The van der Waals surface area contributed by atoms with Gasteiger partial charge in [0.2, 0.25) is 5.91 Å². The Morgan fingerprint density at radius 2 is 2.04 bits per heavy atom. The molecule has 0 bridgehead atoms. The predicted octanol–water partition coefficient (Wildman–Crippen LogP) is 4.36. The molecule has 28 heavy (non-hydrogen) atoms. The fraction of sp³-hybridized carbons (Fsp3) is 0.333. The van der Waals surface area contributed by atoms with Crippen LogP contribution in [0.5, 0.6) is 0 Å². The van der Waals surface area contributed by atoms with Crippen LogP contribution in [0, 0.1) is 11.7 Å². The second-order valence-corrected chi connectivity index (χ2v) is 8.33. The number of amides is 1. The smallest absolute Gasteiger partial charge is 0.229 e. The van der Waals surface area contributed by atoms with Gasteiger partial charge in [-0.25, -0.2) is 9.37 Å². The standard InChI is InChI=1S/C21H23FN4OS/c1-25(2)17-8-6-16(7-9-17)23-20(27)14-4-3-11-26(13-14)21-24-18-10-5-15(22)12-19(18)28-21/h5-10,12,14H,3-4,11,13H2,1-2H3,(H,23,27). The van der Waals surface area contributed by atoms with E-state index in [0.717, 1.165) is 46.1 Å². The van der Waals surface area contributed by atoms with Gasteiger partial charge in [-0.1, -0.05) is 11.3 Å². The average molecular weight is 399 g/mol. The van der Waals surface area contributed by atoms with E-state index in [-0.39, 0.29) is 17.6 Å². The number of fused-ring (bicyclic) bond motifs is 1. The lowest BCUT2D eigenvalue weighted by atomic mass is 9.97. The van der Waals surface area contributed by atoms with Gasteiger partial charge in [0.15, 0.2) is 5.13 Å². The van der Waals surface area contributed by atoms with Gasteiger partial charge >= 0.3 is 0 Å². The molecule has 7 heteroatoms. The molecule has 146 valence electrons. The van der Waals surface area contributed by atoms with E-state index in [0.29, 0.717) is 6.54 Å². The zero-order valence-corrected chi connectivity index (χ0v) is 16.8. The maximum Gasteiger partial charge on any atom is 0.229 e. The number of rotatable bonds is 4. The molecule has 1 aromatic heterocycles. The Morgan fingerprint density at radius 3 is 2.79 bits per heavy atom. The van der Waals surface area contributed by atoms with Crippen molar-refractivity contribution in [2.24, 2.45) is 5.92 Å². The molecule has 1 amide bonds. The van der Waals surface area contributed by atoms with Crippen molar-refractivity contribution >= 4 is 44.0 Å². The van der Waals surface area contributed by atoms with Crippen LogP contribution in [0.25, 0.3) is 10.2 Å². The first-order chi connectivity index (χ1) is 13.5. The highest BCUT2D eigenvalue weighted by Gasteiger charge is 2.27. The zero-order chi connectivity index (χ0) is 19.7. The average Bonchev–Trinajstić information content (AvgIpc) is 3.11. The Kier molecular flexibility index (Phi) is 5.17. The van der Waals surface area contributed by atoms with Gasteiger partial charge in [0.1, 0.15) is 5.82 Å². The summed E-state index contributed by atoms with van der Waals surface area (Å²) < 4.78 is 14.3. The van der Waals surface area contributed by atoms with Crippen LogP contribution in [0.4, 0.5) is 20.9 Å². The minimum absolute atomic E-state index is 0.0365. The highest BCUT2D eigenvalue weighted by Crippen LogP contribution is 2.32. The van der Waals surface area contributed by atoms with Crippen molar-refractivity contribution in [1.29, 1.82) is 0 Å². The molecule has 2 aromatic carbocycles. The summed E-state index contributed by atoms with van der Waals surface area (Å²) in [4.78, 5) is 21.6. The predicted molar refractivity (Wildman–Crippen MR) is 114 cm³/mol. The molecule has 1 N–H and O–H groups in total. The van der Waals surface area contributed by atoms with E-state index in [4.69, 9.17) is 0 Å². The van der Waals surface area contributed by atoms with Crippen LogP contribution >= 0.6 is 11.3 Å². The van der Waals surface area contributed by atoms with Gasteiger partial charge in [-0.15, -0.1) is 0 Å². The molecule has 0 spiro atoms. The van der Waals surface area contributed by atoms with E-state index in [1.54, 1.807) is 6.07 Å². The highest BCUT2D eigenvalue weighted by atomic mass is 32.1.